The van der Waals surface area contributed by atoms with Crippen LogP contribution in [-0.2, 0) is 0 Å². The van der Waals surface area contributed by atoms with Crippen LogP contribution in [0, 0.1) is 28.5 Å². The Kier molecular flexibility index (Phi) is 5.30. The van der Waals surface area contributed by atoms with E-state index in [1.807, 2.05) is 12.1 Å². The van der Waals surface area contributed by atoms with E-state index in [-0.39, 0.29) is 45.4 Å². The molecule has 4 rings (SSSR count). The minimum absolute atomic E-state index is 0.0229. The Morgan fingerprint density at radius 2 is 1.82 bits per heavy atom. The van der Waals surface area contributed by atoms with Gasteiger partial charge in [-0.25, -0.2) is 9.37 Å². The first-order valence-corrected chi connectivity index (χ1v) is 9.65. The van der Waals surface area contributed by atoms with E-state index in [0.717, 1.165) is 12.1 Å². The van der Waals surface area contributed by atoms with Crippen LogP contribution in [0.4, 0.5) is 22.0 Å². The third-order valence-corrected chi connectivity index (χ3v) is 4.91. The highest BCUT2D eigenvalue weighted by atomic mass is 19.1. The normalized spacial score (nSPS) is 11.5. The molecule has 0 saturated heterocycles. The van der Waals surface area contributed by atoms with Crippen molar-refractivity contribution in [3.8, 4) is 17.8 Å². The van der Waals surface area contributed by atoms with Crippen molar-refractivity contribution in [3.05, 3.63) is 75.6 Å². The van der Waals surface area contributed by atoms with Crippen LogP contribution in [0.25, 0.3) is 16.6 Å². The van der Waals surface area contributed by atoms with Crippen molar-refractivity contribution in [2.45, 2.75) is 13.0 Å². The quantitative estimate of drug-likeness (QED) is 0.430. The van der Waals surface area contributed by atoms with Crippen molar-refractivity contribution in [1.29, 1.82) is 10.5 Å². The second-order valence-corrected chi connectivity index (χ2v) is 7.08. The average molecular weight is 441 g/mol. The van der Waals surface area contributed by atoms with Gasteiger partial charge in [0.15, 0.2) is 5.82 Å². The number of rotatable bonds is 4. The van der Waals surface area contributed by atoms with E-state index in [4.69, 9.17) is 11.5 Å². The van der Waals surface area contributed by atoms with Gasteiger partial charge in [-0.2, -0.15) is 20.5 Å². The maximum Gasteiger partial charge on any atom is 0.266 e. The van der Waals surface area contributed by atoms with E-state index in [9.17, 15) is 19.7 Å². The molecule has 11 heteroatoms. The molecule has 2 aromatic heterocycles. The smallest absolute Gasteiger partial charge is 0.266 e. The maximum atomic E-state index is 14.1. The first-order chi connectivity index (χ1) is 15.8. The first kappa shape index (κ1) is 21.2. The van der Waals surface area contributed by atoms with Crippen molar-refractivity contribution < 1.29 is 4.39 Å². The van der Waals surface area contributed by atoms with Crippen LogP contribution in [0.1, 0.15) is 29.9 Å². The number of nitrogens with one attached hydrogen (secondary N) is 1. The number of fused-ring (bicyclic) bond motifs is 1. The molecule has 5 N–H and O–H groups in total. The lowest BCUT2D eigenvalue weighted by Gasteiger charge is -2.21. The Labute approximate surface area is 186 Å². The van der Waals surface area contributed by atoms with Gasteiger partial charge in [-0.3, -0.25) is 9.36 Å². The molecule has 0 aliphatic carbocycles. The highest BCUT2D eigenvalue weighted by molar-refractivity contribution is 5.84. The molecule has 2 aromatic carbocycles. The predicted molar refractivity (Wildman–Crippen MR) is 120 cm³/mol. The number of halogens is 1. The number of aromatic nitrogens is 4. The van der Waals surface area contributed by atoms with E-state index in [0.29, 0.717) is 5.69 Å². The molecule has 0 spiro atoms. The van der Waals surface area contributed by atoms with E-state index >= 15 is 0 Å². The third-order valence-electron chi connectivity index (χ3n) is 4.91. The molecule has 0 saturated carbocycles. The Morgan fingerprint density at radius 3 is 2.48 bits per heavy atom. The van der Waals surface area contributed by atoms with Gasteiger partial charge in [0, 0.05) is 0 Å². The number of para-hydroxylation sites is 1. The van der Waals surface area contributed by atoms with E-state index < -0.39 is 17.4 Å². The van der Waals surface area contributed by atoms with Crippen molar-refractivity contribution >= 4 is 28.5 Å². The monoisotopic (exact) mass is 441 g/mol. The third kappa shape index (κ3) is 3.75. The first-order valence-electron chi connectivity index (χ1n) is 9.65. The van der Waals surface area contributed by atoms with Crippen molar-refractivity contribution in [3.63, 3.8) is 0 Å². The van der Waals surface area contributed by atoms with Gasteiger partial charge in [-0.1, -0.05) is 18.2 Å². The topological polar surface area (TPSA) is 172 Å². The fourth-order valence-electron chi connectivity index (χ4n) is 3.45. The van der Waals surface area contributed by atoms with Gasteiger partial charge in [0.1, 0.15) is 35.2 Å². The fraction of sp³-hybridized carbons (Fsp3) is 0.0909. The minimum Gasteiger partial charge on any atom is -0.382 e. The van der Waals surface area contributed by atoms with Crippen LogP contribution in [0.5, 0.6) is 0 Å². The van der Waals surface area contributed by atoms with Gasteiger partial charge in [-0.15, -0.1) is 0 Å². The molecule has 162 valence electrons. The Hall–Kier alpha value is -5.03. The molecule has 0 radical (unpaired) electrons. The summed E-state index contributed by atoms with van der Waals surface area (Å²) in [6, 6.07) is 13.8. The summed E-state index contributed by atoms with van der Waals surface area (Å²) in [4.78, 5) is 25.8. The lowest BCUT2D eigenvalue weighted by Crippen LogP contribution is -2.28. The summed E-state index contributed by atoms with van der Waals surface area (Å²) in [6.45, 7) is 1.68. The van der Waals surface area contributed by atoms with Crippen molar-refractivity contribution in [1.82, 2.24) is 19.5 Å². The summed E-state index contributed by atoms with van der Waals surface area (Å²) >= 11 is 0. The Balaban J connectivity index is 1.99. The van der Waals surface area contributed by atoms with Crippen LogP contribution in [0.3, 0.4) is 0 Å². The van der Waals surface area contributed by atoms with Crippen LogP contribution >= 0.6 is 0 Å². The standard InChI is InChI=1S/C22H16FN9O/c1-11(28-19-16(10-25)18(26)30-22(27)31-19)20-29-17-12(9-24)7-13(23)8-15(17)21(33)32(20)14-5-3-2-4-6-14/h2-8,11H,1H3,(H5,26,27,28,30,31)/t11-/m0/s1. The summed E-state index contributed by atoms with van der Waals surface area (Å²) in [5.41, 5.74) is 11.3. The van der Waals surface area contributed by atoms with Gasteiger partial charge >= 0.3 is 0 Å². The largest absolute Gasteiger partial charge is 0.382 e. The fourth-order valence-corrected chi connectivity index (χ4v) is 3.45. The van der Waals surface area contributed by atoms with Crippen LogP contribution < -0.4 is 22.3 Å². The molecule has 0 aliphatic rings. The Morgan fingerprint density at radius 1 is 1.09 bits per heavy atom. The summed E-state index contributed by atoms with van der Waals surface area (Å²) in [7, 11) is 0. The summed E-state index contributed by atoms with van der Waals surface area (Å²) < 4.78 is 15.4. The molecule has 1 atom stereocenters. The number of hydrogen-bond donors (Lipinski definition) is 3. The van der Waals surface area contributed by atoms with Gasteiger partial charge in [-0.05, 0) is 31.2 Å². The molecule has 0 aliphatic heterocycles. The molecular weight excluding hydrogens is 425 g/mol. The van der Waals surface area contributed by atoms with Crippen molar-refractivity contribution in [2.24, 2.45) is 0 Å². The molecule has 0 amide bonds. The molecule has 2 heterocycles. The van der Waals surface area contributed by atoms with Crippen LogP contribution in [0.2, 0.25) is 0 Å². The summed E-state index contributed by atoms with van der Waals surface area (Å²) in [6.07, 6.45) is 0. The molecule has 10 nitrogen and oxygen atoms in total. The molecule has 33 heavy (non-hydrogen) atoms. The molecule has 0 bridgehead atoms. The van der Waals surface area contributed by atoms with E-state index in [2.05, 4.69) is 20.3 Å². The zero-order chi connectivity index (χ0) is 23.7. The average Bonchev–Trinajstić information content (AvgIpc) is 2.79. The zero-order valence-corrected chi connectivity index (χ0v) is 17.2. The number of nitrogens with zero attached hydrogens (tertiary/aromatic N) is 6. The number of nitrogen functional groups attached to an aromatic ring is 2. The predicted octanol–water partition coefficient (Wildman–Crippen LogP) is 2.40. The second kappa shape index (κ2) is 8.24. The van der Waals surface area contributed by atoms with Crippen LogP contribution in [-0.4, -0.2) is 19.5 Å². The Bertz CT molecular complexity index is 1530. The number of nitrogens with two attached hydrogens (primary N) is 2. The number of benzene rings is 2. The van der Waals surface area contributed by atoms with Gasteiger partial charge in [0.05, 0.1) is 28.2 Å². The highest BCUT2D eigenvalue weighted by Gasteiger charge is 2.22. The second-order valence-electron chi connectivity index (χ2n) is 7.08. The van der Waals surface area contributed by atoms with E-state index in [1.165, 1.54) is 4.57 Å². The maximum absolute atomic E-state index is 14.1. The van der Waals surface area contributed by atoms with Crippen molar-refractivity contribution in [2.75, 3.05) is 16.8 Å². The van der Waals surface area contributed by atoms with Crippen LogP contribution in [0.15, 0.2) is 47.3 Å². The van der Waals surface area contributed by atoms with Gasteiger partial charge < -0.3 is 16.8 Å². The van der Waals surface area contributed by atoms with Gasteiger partial charge in [0.25, 0.3) is 5.56 Å². The number of hydrogen-bond acceptors (Lipinski definition) is 9. The highest BCUT2D eigenvalue weighted by Crippen LogP contribution is 2.26. The SMILES string of the molecule is C[C@H](Nc1nc(N)nc(N)c1C#N)c1nc2c(C#N)cc(F)cc2c(=O)n1-c1ccccc1. The summed E-state index contributed by atoms with van der Waals surface area (Å²) in [5, 5.41) is 21.9. The van der Waals surface area contributed by atoms with E-state index in [1.54, 1.807) is 37.3 Å². The molecule has 0 fully saturated rings. The molecular formula is C22H16FN9O. The lowest BCUT2D eigenvalue weighted by atomic mass is 10.1. The molecule has 0 unspecified atom stereocenters. The molecule has 4 aromatic rings. The lowest BCUT2D eigenvalue weighted by molar-refractivity contribution is 0.628. The minimum atomic E-state index is -0.722. The summed E-state index contributed by atoms with van der Waals surface area (Å²) in [5.74, 6) is -0.712. The zero-order valence-electron chi connectivity index (χ0n) is 17.2. The number of anilines is 3. The van der Waals surface area contributed by atoms with Gasteiger partial charge in [0.2, 0.25) is 5.95 Å². The number of nitriles is 2.